The van der Waals surface area contributed by atoms with E-state index >= 15 is 0 Å². The van der Waals surface area contributed by atoms with Gasteiger partial charge in [0.25, 0.3) is 0 Å². The second-order valence-corrected chi connectivity index (χ2v) is 14.7. The number of nitrogens with zero attached hydrogens (tertiary/aromatic N) is 2. The first-order valence-electron chi connectivity index (χ1n) is 19.5. The molecule has 8 aromatic carbocycles. The quantitative estimate of drug-likeness (QED) is 0.183. The summed E-state index contributed by atoms with van der Waals surface area (Å²) in [6.07, 6.45) is 0. The highest BCUT2D eigenvalue weighted by atomic mass is 16.3. The van der Waals surface area contributed by atoms with Crippen LogP contribution in [0.5, 0.6) is 0 Å². The molecule has 0 saturated heterocycles. The minimum absolute atomic E-state index is 0.273. The smallest absolute Gasteiger partial charge is 0.157 e. The van der Waals surface area contributed by atoms with Crippen LogP contribution in [0.15, 0.2) is 206 Å². The maximum Gasteiger partial charge on any atom is 0.157 e. The molecule has 1 unspecified atom stereocenters. The van der Waals surface area contributed by atoms with Crippen molar-refractivity contribution in [3.63, 3.8) is 0 Å². The summed E-state index contributed by atoms with van der Waals surface area (Å²) < 4.78 is 19.6. The summed E-state index contributed by atoms with van der Waals surface area (Å²) in [7, 11) is 0. The van der Waals surface area contributed by atoms with Crippen LogP contribution in [0.2, 0.25) is 0 Å². The fourth-order valence-corrected chi connectivity index (χ4v) is 8.69. The van der Waals surface area contributed by atoms with E-state index in [1.165, 1.54) is 0 Å². The Kier molecular flexibility index (Phi) is 7.19. The molecule has 1 atom stereocenters. The molecule has 11 aromatic rings. The van der Waals surface area contributed by atoms with Crippen LogP contribution >= 0.6 is 0 Å². The average molecular weight is 748 g/mol. The SMILES string of the molecule is c1ccc(-c2cccc(C3NC(c4ccc5oc6cccc(N(c7ccccc7)c7cccc8oc9ccccc9c78)c6c5c4)=Nc4c3oc3ccccc43)c2)cc1. The van der Waals surface area contributed by atoms with Crippen molar-refractivity contribution in [2.24, 2.45) is 4.99 Å². The van der Waals surface area contributed by atoms with Gasteiger partial charge in [-0.05, 0) is 95.6 Å². The number of rotatable bonds is 6. The van der Waals surface area contributed by atoms with E-state index in [1.807, 2.05) is 54.6 Å². The molecule has 274 valence electrons. The van der Waals surface area contributed by atoms with E-state index in [4.69, 9.17) is 18.2 Å². The Morgan fingerprint density at radius 3 is 1.78 bits per heavy atom. The second-order valence-electron chi connectivity index (χ2n) is 14.7. The molecular formula is C52H33N3O3. The summed E-state index contributed by atoms with van der Waals surface area (Å²) in [6, 6.07) is 64.7. The molecule has 4 heterocycles. The maximum atomic E-state index is 6.63. The van der Waals surface area contributed by atoms with E-state index in [1.54, 1.807) is 0 Å². The van der Waals surface area contributed by atoms with Crippen LogP contribution in [0.4, 0.5) is 22.7 Å². The number of fused-ring (bicyclic) bond motifs is 9. The molecule has 0 radical (unpaired) electrons. The van der Waals surface area contributed by atoms with Crippen LogP contribution in [-0.2, 0) is 0 Å². The van der Waals surface area contributed by atoms with Gasteiger partial charge in [0, 0.05) is 27.4 Å². The van der Waals surface area contributed by atoms with E-state index in [0.29, 0.717) is 0 Å². The molecule has 6 nitrogen and oxygen atoms in total. The highest BCUT2D eigenvalue weighted by Gasteiger charge is 2.31. The van der Waals surface area contributed by atoms with Gasteiger partial charge in [-0.3, -0.25) is 0 Å². The van der Waals surface area contributed by atoms with Gasteiger partial charge in [-0.15, -0.1) is 0 Å². The van der Waals surface area contributed by atoms with E-state index < -0.39 is 0 Å². The monoisotopic (exact) mass is 747 g/mol. The Morgan fingerprint density at radius 1 is 0.431 bits per heavy atom. The van der Waals surface area contributed by atoms with Gasteiger partial charge in [-0.1, -0.05) is 109 Å². The summed E-state index contributed by atoms with van der Waals surface area (Å²) in [5, 5.41) is 8.91. The number of amidine groups is 1. The average Bonchev–Trinajstić information content (AvgIpc) is 3.98. The third-order valence-electron chi connectivity index (χ3n) is 11.3. The van der Waals surface area contributed by atoms with Crippen LogP contribution in [0, 0.1) is 0 Å². The zero-order valence-corrected chi connectivity index (χ0v) is 31.1. The van der Waals surface area contributed by atoms with Gasteiger partial charge in [0.1, 0.15) is 45.5 Å². The van der Waals surface area contributed by atoms with Gasteiger partial charge in [0.2, 0.25) is 0 Å². The predicted octanol–water partition coefficient (Wildman–Crippen LogP) is 14.1. The van der Waals surface area contributed by atoms with E-state index in [0.717, 1.165) is 111 Å². The van der Waals surface area contributed by atoms with Crippen molar-refractivity contribution < 1.29 is 13.3 Å². The molecule has 58 heavy (non-hydrogen) atoms. The van der Waals surface area contributed by atoms with Gasteiger partial charge >= 0.3 is 0 Å². The first-order chi connectivity index (χ1) is 28.7. The summed E-state index contributed by atoms with van der Waals surface area (Å²) in [6.45, 7) is 0. The van der Waals surface area contributed by atoms with Gasteiger partial charge < -0.3 is 23.5 Å². The number of nitrogens with one attached hydrogen (secondary N) is 1. The topological polar surface area (TPSA) is 67.1 Å². The lowest BCUT2D eigenvalue weighted by atomic mass is 9.96. The van der Waals surface area contributed by atoms with Crippen LogP contribution in [0.1, 0.15) is 22.9 Å². The molecule has 3 aromatic heterocycles. The number of hydrogen-bond donors (Lipinski definition) is 1. The molecule has 0 spiro atoms. The summed E-state index contributed by atoms with van der Waals surface area (Å²) in [5.41, 5.74) is 12.3. The third kappa shape index (κ3) is 5.09. The second kappa shape index (κ2) is 12.9. The van der Waals surface area contributed by atoms with Gasteiger partial charge in [-0.2, -0.15) is 0 Å². The lowest BCUT2D eigenvalue weighted by Gasteiger charge is -2.27. The Morgan fingerprint density at radius 2 is 1.02 bits per heavy atom. The van der Waals surface area contributed by atoms with Crippen LogP contribution in [0.3, 0.4) is 0 Å². The fourth-order valence-electron chi connectivity index (χ4n) is 8.69. The van der Waals surface area contributed by atoms with E-state index in [-0.39, 0.29) is 6.04 Å². The number of hydrogen-bond acceptors (Lipinski definition) is 6. The first-order valence-corrected chi connectivity index (χ1v) is 19.5. The minimum Gasteiger partial charge on any atom is -0.456 e. The summed E-state index contributed by atoms with van der Waals surface area (Å²) in [5.74, 6) is 1.56. The van der Waals surface area contributed by atoms with E-state index in [2.05, 4.69) is 144 Å². The largest absolute Gasteiger partial charge is 0.456 e. The van der Waals surface area contributed by atoms with E-state index in [9.17, 15) is 0 Å². The summed E-state index contributed by atoms with van der Waals surface area (Å²) in [4.78, 5) is 7.63. The Labute approximate surface area is 332 Å². The standard InChI is InChI=1S/C52H33N3O3/c1-3-14-32(15-4-1)33-16-11-17-34(30-33)49-51-50(38-21-8-10-25-43(38)58-51)54-52(53-49)35-28-29-44-39(31-35)48-41(23-13-27-46(48)57-44)55(36-18-5-2-6-19-36)40-22-12-26-45-47(40)37-20-7-9-24-42(37)56-45/h1-31,49H,(H,53,54). The predicted molar refractivity (Wildman–Crippen MR) is 235 cm³/mol. The number of para-hydroxylation sites is 3. The zero-order chi connectivity index (χ0) is 38.2. The van der Waals surface area contributed by atoms with Crippen LogP contribution in [-0.4, -0.2) is 5.84 Å². The number of furan rings is 3. The molecule has 0 saturated carbocycles. The first kappa shape index (κ1) is 32.4. The molecule has 6 heteroatoms. The van der Waals surface area contributed by atoms with Crippen molar-refractivity contribution in [2.75, 3.05) is 4.90 Å². The van der Waals surface area contributed by atoms with Crippen molar-refractivity contribution in [1.82, 2.24) is 5.32 Å². The molecule has 0 bridgehead atoms. The van der Waals surface area contributed by atoms with Crippen LogP contribution in [0.25, 0.3) is 66.0 Å². The van der Waals surface area contributed by atoms with Crippen molar-refractivity contribution >= 4 is 83.4 Å². The Hall–Kier alpha value is -7.83. The van der Waals surface area contributed by atoms with Crippen LogP contribution < -0.4 is 10.2 Å². The number of anilines is 3. The molecule has 0 aliphatic carbocycles. The minimum atomic E-state index is -0.273. The normalized spacial score (nSPS) is 13.9. The van der Waals surface area contributed by atoms with Crippen molar-refractivity contribution in [3.05, 3.63) is 205 Å². The van der Waals surface area contributed by atoms with Crippen molar-refractivity contribution in [1.29, 1.82) is 0 Å². The highest BCUT2D eigenvalue weighted by molar-refractivity contribution is 6.19. The number of aliphatic imine (C=N–C) groups is 1. The molecule has 1 N–H and O–H groups in total. The Bertz CT molecular complexity index is 3390. The molecular weight excluding hydrogens is 715 g/mol. The fraction of sp³-hybridized carbons (Fsp3) is 0.0192. The van der Waals surface area contributed by atoms with Crippen molar-refractivity contribution in [3.8, 4) is 11.1 Å². The summed E-state index contributed by atoms with van der Waals surface area (Å²) >= 11 is 0. The highest BCUT2D eigenvalue weighted by Crippen LogP contribution is 2.48. The molecule has 0 fully saturated rings. The lowest BCUT2D eigenvalue weighted by molar-refractivity contribution is 0.504. The molecule has 0 amide bonds. The van der Waals surface area contributed by atoms with Gasteiger partial charge in [0.15, 0.2) is 5.76 Å². The molecule has 12 rings (SSSR count). The third-order valence-corrected chi connectivity index (χ3v) is 11.3. The Balaban J connectivity index is 1.05. The molecule has 1 aliphatic rings. The maximum absolute atomic E-state index is 6.63. The molecule has 1 aliphatic heterocycles. The van der Waals surface area contributed by atoms with Gasteiger partial charge in [0.05, 0.1) is 22.1 Å². The van der Waals surface area contributed by atoms with Gasteiger partial charge in [-0.25, -0.2) is 4.99 Å². The lowest BCUT2D eigenvalue weighted by Crippen LogP contribution is -2.32. The number of benzene rings is 8. The zero-order valence-electron chi connectivity index (χ0n) is 31.1. The van der Waals surface area contributed by atoms with Crippen molar-refractivity contribution in [2.45, 2.75) is 6.04 Å².